The van der Waals surface area contributed by atoms with Gasteiger partial charge in [-0.3, -0.25) is 14.5 Å². The number of nitrogens with one attached hydrogen (secondary N) is 2. The molecule has 1 saturated heterocycles. The molecule has 5 nitrogen and oxygen atoms in total. The third-order valence-electron chi connectivity index (χ3n) is 6.35. The Hall–Kier alpha value is -2.02. The number of anilines is 1. The Labute approximate surface area is 177 Å². The Morgan fingerprint density at radius 3 is 2.43 bits per heavy atom. The van der Waals surface area contributed by atoms with E-state index in [4.69, 9.17) is 0 Å². The number of amides is 2. The second-order valence-corrected chi connectivity index (χ2v) is 8.87. The highest BCUT2D eigenvalue weighted by atomic mass is 19.3. The van der Waals surface area contributed by atoms with E-state index in [1.165, 1.54) is 75.9 Å². The van der Waals surface area contributed by atoms with Crippen LogP contribution in [0.2, 0.25) is 0 Å². The van der Waals surface area contributed by atoms with E-state index in [0.29, 0.717) is 6.41 Å². The number of carbonyl (C=O) groups is 2. The molecule has 0 bridgehead atoms. The number of hydrogen-bond donors (Lipinski definition) is 2. The molecule has 0 radical (unpaired) electrons. The second-order valence-electron chi connectivity index (χ2n) is 8.87. The zero-order valence-corrected chi connectivity index (χ0v) is 17.7. The minimum Gasteiger partial charge on any atom is -0.350 e. The molecular weight excluding hydrogens is 388 g/mol. The maximum Gasteiger partial charge on any atom is 0.270 e. The van der Waals surface area contributed by atoms with Gasteiger partial charge in [0.25, 0.3) is 5.92 Å². The Morgan fingerprint density at radius 1 is 1.17 bits per heavy atom. The van der Waals surface area contributed by atoms with Crippen LogP contribution < -0.4 is 10.6 Å². The van der Waals surface area contributed by atoms with Crippen LogP contribution in [-0.4, -0.2) is 42.9 Å². The molecule has 1 aliphatic heterocycles. The summed E-state index contributed by atoms with van der Waals surface area (Å²) in [5.74, 6) is -1.18. The first-order valence-corrected chi connectivity index (χ1v) is 11.1. The van der Waals surface area contributed by atoms with E-state index in [9.17, 15) is 18.4 Å². The van der Waals surface area contributed by atoms with Crippen LogP contribution in [-0.2, 0) is 15.5 Å². The van der Waals surface area contributed by atoms with Crippen molar-refractivity contribution < 1.29 is 18.4 Å². The topological polar surface area (TPSA) is 61.4 Å². The van der Waals surface area contributed by atoms with Gasteiger partial charge in [0.05, 0.1) is 6.54 Å². The van der Waals surface area contributed by atoms with E-state index >= 15 is 0 Å². The fourth-order valence-corrected chi connectivity index (χ4v) is 4.57. The molecular formula is C23H33F2N3O2. The van der Waals surface area contributed by atoms with E-state index in [1.807, 2.05) is 0 Å². The smallest absolute Gasteiger partial charge is 0.270 e. The van der Waals surface area contributed by atoms with Gasteiger partial charge in [0.15, 0.2) is 0 Å². The van der Waals surface area contributed by atoms with Gasteiger partial charge < -0.3 is 10.6 Å². The average molecular weight is 422 g/mol. The summed E-state index contributed by atoms with van der Waals surface area (Å²) in [6, 6.07) is 6.37. The van der Waals surface area contributed by atoms with Gasteiger partial charge in [-0.2, -0.15) is 0 Å². The summed E-state index contributed by atoms with van der Waals surface area (Å²) >= 11 is 0. The lowest BCUT2D eigenvalue weighted by Crippen LogP contribution is -2.34. The van der Waals surface area contributed by atoms with Gasteiger partial charge in [-0.15, -0.1) is 0 Å². The maximum absolute atomic E-state index is 13.0. The van der Waals surface area contributed by atoms with Crippen LogP contribution in [0.1, 0.15) is 57.4 Å². The molecule has 2 atom stereocenters. The predicted octanol–water partition coefficient (Wildman–Crippen LogP) is 4.14. The molecule has 7 heteroatoms. The molecule has 3 fully saturated rings. The third-order valence-corrected chi connectivity index (χ3v) is 6.35. The molecule has 0 aromatic heterocycles. The molecule has 4 rings (SSSR count). The first kappa shape index (κ1) is 22.7. The number of hydrogen-bond acceptors (Lipinski definition) is 3. The number of piperidine rings is 1. The zero-order valence-electron chi connectivity index (χ0n) is 17.7. The lowest BCUT2D eigenvalue weighted by Gasteiger charge is -2.27. The molecule has 166 valence electrons. The molecule has 2 aliphatic carbocycles. The third kappa shape index (κ3) is 6.76. The van der Waals surface area contributed by atoms with Crippen molar-refractivity contribution in [1.82, 2.24) is 10.2 Å². The van der Waals surface area contributed by atoms with Crippen LogP contribution in [0.5, 0.6) is 0 Å². The summed E-state index contributed by atoms with van der Waals surface area (Å²) in [4.78, 5) is 24.0. The van der Waals surface area contributed by atoms with Gasteiger partial charge >= 0.3 is 0 Å². The van der Waals surface area contributed by atoms with Crippen molar-refractivity contribution in [3.8, 4) is 0 Å². The summed E-state index contributed by atoms with van der Waals surface area (Å²) in [5, 5.41) is 4.57. The summed E-state index contributed by atoms with van der Waals surface area (Å²) < 4.78 is 26.0. The maximum atomic E-state index is 13.0. The Kier molecular flexibility index (Phi) is 7.81. The van der Waals surface area contributed by atoms with E-state index in [2.05, 4.69) is 15.5 Å². The van der Waals surface area contributed by atoms with Crippen molar-refractivity contribution >= 4 is 18.0 Å². The SMILES string of the molecule is C1CCCC(N2CC3CC3C2)CC1.CC(F)(F)c1cccc(NC(=O)CNC=O)c1. The molecule has 30 heavy (non-hydrogen) atoms. The van der Waals surface area contributed by atoms with Gasteiger partial charge in [-0.25, -0.2) is 8.78 Å². The largest absolute Gasteiger partial charge is 0.350 e. The zero-order chi connectivity index (χ0) is 21.6. The molecule has 0 spiro atoms. The molecule has 3 aliphatic rings. The van der Waals surface area contributed by atoms with Crippen molar-refractivity contribution in [3.63, 3.8) is 0 Å². The first-order valence-electron chi connectivity index (χ1n) is 11.1. The second kappa shape index (κ2) is 10.3. The van der Waals surface area contributed by atoms with Gasteiger partial charge in [-0.1, -0.05) is 37.8 Å². The molecule has 2 saturated carbocycles. The van der Waals surface area contributed by atoms with Gasteiger partial charge in [0.1, 0.15) is 0 Å². The van der Waals surface area contributed by atoms with Crippen molar-refractivity contribution in [2.75, 3.05) is 25.0 Å². The molecule has 2 amide bonds. The molecule has 1 aromatic rings. The van der Waals surface area contributed by atoms with Crippen molar-refractivity contribution in [3.05, 3.63) is 29.8 Å². The Balaban J connectivity index is 0.000000175. The van der Waals surface area contributed by atoms with Gasteiger partial charge in [0, 0.05) is 37.3 Å². The summed E-state index contributed by atoms with van der Waals surface area (Å²) in [7, 11) is 0. The van der Waals surface area contributed by atoms with E-state index < -0.39 is 11.8 Å². The van der Waals surface area contributed by atoms with Crippen LogP contribution in [0, 0.1) is 11.8 Å². The van der Waals surface area contributed by atoms with Crippen molar-refractivity contribution in [2.45, 2.75) is 63.8 Å². The predicted molar refractivity (Wildman–Crippen MR) is 113 cm³/mol. The lowest BCUT2D eigenvalue weighted by molar-refractivity contribution is -0.118. The standard InChI is InChI=1S/C12H21N.C11H12F2N2O2/c1-2-4-6-12(5-3-1)13-8-10-7-11(10)9-13;1-11(12,13)8-3-2-4-9(5-8)15-10(17)6-14-7-16/h10-12H,1-9H2;2-5,7H,6H2,1H3,(H,14,16)(H,15,17). The number of fused-ring (bicyclic) bond motifs is 1. The number of alkyl halides is 2. The number of halogens is 2. The molecule has 2 unspecified atom stereocenters. The summed E-state index contributed by atoms with van der Waals surface area (Å²) in [6.45, 7) is 3.49. The number of benzene rings is 1. The molecule has 1 heterocycles. The monoisotopic (exact) mass is 421 g/mol. The highest BCUT2D eigenvalue weighted by Crippen LogP contribution is 2.46. The van der Waals surface area contributed by atoms with Crippen LogP contribution in [0.4, 0.5) is 14.5 Å². The van der Waals surface area contributed by atoms with E-state index in [-0.39, 0.29) is 17.8 Å². The van der Waals surface area contributed by atoms with Crippen LogP contribution in [0.3, 0.4) is 0 Å². The van der Waals surface area contributed by atoms with Gasteiger partial charge in [-0.05, 0) is 43.2 Å². The number of nitrogens with zero attached hydrogens (tertiary/aromatic N) is 1. The first-order chi connectivity index (χ1) is 14.4. The Morgan fingerprint density at radius 2 is 1.83 bits per heavy atom. The summed E-state index contributed by atoms with van der Waals surface area (Å²) in [5.41, 5.74) is 0.0837. The van der Waals surface area contributed by atoms with Gasteiger partial charge in [0.2, 0.25) is 12.3 Å². The minimum atomic E-state index is -2.96. The van der Waals surface area contributed by atoms with E-state index in [0.717, 1.165) is 24.8 Å². The quantitative estimate of drug-likeness (QED) is 0.536. The van der Waals surface area contributed by atoms with E-state index in [1.54, 1.807) is 6.42 Å². The fraction of sp³-hybridized carbons (Fsp3) is 0.652. The highest BCUT2D eigenvalue weighted by Gasteiger charge is 2.46. The molecule has 1 aromatic carbocycles. The molecule has 2 N–H and O–H groups in total. The van der Waals surface area contributed by atoms with Crippen LogP contribution in [0.25, 0.3) is 0 Å². The Bertz CT molecular complexity index is 705. The highest BCUT2D eigenvalue weighted by molar-refractivity contribution is 5.93. The minimum absolute atomic E-state index is 0.182. The van der Waals surface area contributed by atoms with Crippen molar-refractivity contribution in [1.29, 1.82) is 0 Å². The van der Waals surface area contributed by atoms with Crippen LogP contribution in [0.15, 0.2) is 24.3 Å². The average Bonchev–Trinajstić information content (AvgIpc) is 3.41. The normalized spacial score (nSPS) is 24.1. The lowest BCUT2D eigenvalue weighted by atomic mass is 10.1. The number of carbonyl (C=O) groups excluding carboxylic acids is 2. The fourth-order valence-electron chi connectivity index (χ4n) is 4.57. The number of rotatable bonds is 6. The van der Waals surface area contributed by atoms with Crippen molar-refractivity contribution in [2.24, 2.45) is 11.8 Å². The summed E-state index contributed by atoms with van der Waals surface area (Å²) in [6.07, 6.45) is 10.9. The van der Waals surface area contributed by atoms with Crippen LogP contribution >= 0.6 is 0 Å². The number of likely N-dealkylation sites (tertiary alicyclic amines) is 1.